The van der Waals surface area contributed by atoms with E-state index in [0.717, 1.165) is 5.56 Å². The molecule has 0 saturated carbocycles. The number of nitriles is 1. The van der Waals surface area contributed by atoms with Crippen molar-refractivity contribution in [3.8, 4) is 6.07 Å². The van der Waals surface area contributed by atoms with Gasteiger partial charge in [-0.15, -0.1) is 0 Å². The van der Waals surface area contributed by atoms with Crippen LogP contribution in [0.15, 0.2) is 24.3 Å². The lowest BCUT2D eigenvalue weighted by Gasteiger charge is -2.34. The third-order valence-corrected chi connectivity index (χ3v) is 3.88. The van der Waals surface area contributed by atoms with Gasteiger partial charge in [0.05, 0.1) is 11.6 Å². The zero-order valence-corrected chi connectivity index (χ0v) is 17.4. The largest absolute Gasteiger partial charge is 0.444 e. The molecule has 0 fully saturated rings. The summed E-state index contributed by atoms with van der Waals surface area (Å²) in [6.45, 7) is 13.1. The van der Waals surface area contributed by atoms with E-state index in [1.807, 2.05) is 27.7 Å². The van der Waals surface area contributed by atoms with E-state index in [1.54, 1.807) is 49.9 Å². The molecular weight excluding hydrogens is 342 g/mol. The van der Waals surface area contributed by atoms with E-state index in [2.05, 4.69) is 11.4 Å². The molecule has 0 heterocycles. The minimum absolute atomic E-state index is 0.00130. The molecule has 0 aromatic heterocycles. The summed E-state index contributed by atoms with van der Waals surface area (Å²) in [5.74, 6) is -0.157. The number of benzene rings is 1. The van der Waals surface area contributed by atoms with E-state index in [0.29, 0.717) is 12.0 Å². The summed E-state index contributed by atoms with van der Waals surface area (Å²) in [5, 5.41) is 11.7. The first-order valence-corrected chi connectivity index (χ1v) is 9.25. The highest BCUT2D eigenvalue weighted by Crippen LogP contribution is 2.14. The molecule has 0 radical (unpaired) electrons. The van der Waals surface area contributed by atoms with Gasteiger partial charge in [-0.05, 0) is 66.2 Å². The van der Waals surface area contributed by atoms with Crippen LogP contribution in [-0.4, -0.2) is 40.6 Å². The van der Waals surface area contributed by atoms with Gasteiger partial charge in [-0.2, -0.15) is 5.26 Å². The van der Waals surface area contributed by atoms with E-state index in [9.17, 15) is 9.59 Å². The fourth-order valence-electron chi connectivity index (χ4n) is 2.89. The second-order valence-corrected chi connectivity index (χ2v) is 8.14. The smallest absolute Gasteiger partial charge is 0.408 e. The van der Waals surface area contributed by atoms with Gasteiger partial charge in [0.1, 0.15) is 11.6 Å². The minimum atomic E-state index is -0.752. The third kappa shape index (κ3) is 7.30. The second-order valence-electron chi connectivity index (χ2n) is 8.14. The van der Waals surface area contributed by atoms with Gasteiger partial charge in [0.2, 0.25) is 5.91 Å². The van der Waals surface area contributed by atoms with Crippen LogP contribution in [0.1, 0.15) is 59.6 Å². The van der Waals surface area contributed by atoms with Crippen molar-refractivity contribution in [3.05, 3.63) is 35.4 Å². The van der Waals surface area contributed by atoms with Crippen LogP contribution >= 0.6 is 0 Å². The monoisotopic (exact) mass is 373 g/mol. The molecule has 0 aliphatic heterocycles. The van der Waals surface area contributed by atoms with Gasteiger partial charge in [0.15, 0.2) is 0 Å². The van der Waals surface area contributed by atoms with Crippen molar-refractivity contribution >= 4 is 12.0 Å². The predicted molar refractivity (Wildman–Crippen MR) is 105 cm³/mol. The predicted octanol–water partition coefficient (Wildman–Crippen LogP) is 3.64. The molecule has 2 amide bonds. The van der Waals surface area contributed by atoms with Crippen LogP contribution in [0.4, 0.5) is 4.79 Å². The number of hydrogen-bond acceptors (Lipinski definition) is 4. The Hall–Kier alpha value is -2.55. The van der Waals surface area contributed by atoms with Crippen LogP contribution in [0.5, 0.6) is 0 Å². The summed E-state index contributed by atoms with van der Waals surface area (Å²) in [6.07, 6.45) is -0.304. The van der Waals surface area contributed by atoms with Crippen molar-refractivity contribution in [2.75, 3.05) is 0 Å². The van der Waals surface area contributed by atoms with Gasteiger partial charge >= 0.3 is 6.09 Å². The first kappa shape index (κ1) is 22.5. The Bertz CT molecular complexity index is 674. The quantitative estimate of drug-likeness (QED) is 0.825. The number of carbonyl (C=O) groups is 2. The van der Waals surface area contributed by atoms with Crippen LogP contribution in [0.2, 0.25) is 0 Å². The van der Waals surface area contributed by atoms with Gasteiger partial charge < -0.3 is 15.0 Å². The summed E-state index contributed by atoms with van der Waals surface area (Å²) in [5.41, 5.74) is 0.755. The third-order valence-electron chi connectivity index (χ3n) is 3.88. The zero-order chi connectivity index (χ0) is 20.8. The summed E-state index contributed by atoms with van der Waals surface area (Å²) >= 11 is 0. The Morgan fingerprint density at radius 2 is 1.63 bits per heavy atom. The average molecular weight is 373 g/mol. The van der Waals surface area contributed by atoms with Crippen molar-refractivity contribution in [1.82, 2.24) is 10.2 Å². The van der Waals surface area contributed by atoms with Crippen molar-refractivity contribution in [1.29, 1.82) is 5.26 Å². The van der Waals surface area contributed by atoms with E-state index >= 15 is 0 Å². The number of amides is 2. The number of nitrogens with one attached hydrogen (secondary N) is 1. The second kappa shape index (κ2) is 9.40. The summed E-state index contributed by atoms with van der Waals surface area (Å²) in [4.78, 5) is 27.2. The molecular formula is C21H31N3O3. The molecule has 6 nitrogen and oxygen atoms in total. The van der Waals surface area contributed by atoms with Crippen LogP contribution in [0.3, 0.4) is 0 Å². The first-order chi connectivity index (χ1) is 12.4. The summed E-state index contributed by atoms with van der Waals surface area (Å²) in [6, 6.07) is 8.32. The standard InChI is InChI=1S/C21H31N3O3/c1-14(2)24(15(3)4)19(25)18(23-20(26)27-21(5,6)7)12-16-8-10-17(13-22)11-9-16/h8-11,14-15,18H,12H2,1-7H3,(H,23,26). The lowest BCUT2D eigenvalue weighted by atomic mass is 10.0. The molecule has 1 N–H and O–H groups in total. The molecule has 0 bridgehead atoms. The molecule has 1 unspecified atom stereocenters. The molecule has 148 valence electrons. The maximum Gasteiger partial charge on any atom is 0.408 e. The SMILES string of the molecule is CC(C)N(C(=O)C(Cc1ccc(C#N)cc1)NC(=O)OC(C)(C)C)C(C)C. The topological polar surface area (TPSA) is 82.4 Å². The highest BCUT2D eigenvalue weighted by molar-refractivity contribution is 5.86. The Balaban J connectivity index is 3.08. The van der Waals surface area contributed by atoms with Crippen LogP contribution in [-0.2, 0) is 16.0 Å². The number of rotatable bonds is 6. The van der Waals surface area contributed by atoms with Crippen molar-refractivity contribution in [2.45, 2.75) is 78.6 Å². The number of alkyl carbamates (subject to hydrolysis) is 1. The van der Waals surface area contributed by atoms with E-state index < -0.39 is 17.7 Å². The van der Waals surface area contributed by atoms with Gasteiger partial charge in [-0.1, -0.05) is 12.1 Å². The normalized spacial score (nSPS) is 12.4. The lowest BCUT2D eigenvalue weighted by Crippen LogP contribution is -2.54. The number of ether oxygens (including phenoxy) is 1. The van der Waals surface area contributed by atoms with E-state index in [1.165, 1.54) is 0 Å². The van der Waals surface area contributed by atoms with Crippen molar-refractivity contribution in [2.24, 2.45) is 0 Å². The molecule has 1 aromatic rings. The summed E-state index contributed by atoms with van der Waals surface area (Å²) < 4.78 is 5.33. The maximum absolute atomic E-state index is 13.2. The van der Waals surface area contributed by atoms with Crippen molar-refractivity contribution < 1.29 is 14.3 Å². The van der Waals surface area contributed by atoms with E-state index in [4.69, 9.17) is 10.00 Å². The highest BCUT2D eigenvalue weighted by atomic mass is 16.6. The minimum Gasteiger partial charge on any atom is -0.444 e. The number of hydrogen-bond donors (Lipinski definition) is 1. The Morgan fingerprint density at radius 3 is 2.04 bits per heavy atom. The van der Waals surface area contributed by atoms with Crippen molar-refractivity contribution in [3.63, 3.8) is 0 Å². The van der Waals surface area contributed by atoms with Crippen LogP contribution < -0.4 is 5.32 Å². The Morgan fingerprint density at radius 1 is 1.11 bits per heavy atom. The molecule has 0 saturated heterocycles. The Kier molecular flexibility index (Phi) is 7.83. The van der Waals surface area contributed by atoms with Gasteiger partial charge in [0.25, 0.3) is 0 Å². The van der Waals surface area contributed by atoms with Gasteiger partial charge in [0, 0.05) is 18.5 Å². The van der Waals surface area contributed by atoms with Crippen LogP contribution in [0.25, 0.3) is 0 Å². The molecule has 6 heteroatoms. The Labute approximate surface area is 162 Å². The number of nitrogens with zero attached hydrogens (tertiary/aromatic N) is 2. The molecule has 1 aromatic carbocycles. The first-order valence-electron chi connectivity index (χ1n) is 9.25. The highest BCUT2D eigenvalue weighted by Gasteiger charge is 2.30. The van der Waals surface area contributed by atoms with Gasteiger partial charge in [-0.3, -0.25) is 4.79 Å². The van der Waals surface area contributed by atoms with Crippen LogP contribution in [0, 0.1) is 11.3 Å². The average Bonchev–Trinajstić information content (AvgIpc) is 2.52. The maximum atomic E-state index is 13.2. The zero-order valence-electron chi connectivity index (χ0n) is 17.4. The molecule has 0 aliphatic carbocycles. The lowest BCUT2D eigenvalue weighted by molar-refractivity contribution is -0.137. The molecule has 1 rings (SSSR count). The fraction of sp³-hybridized carbons (Fsp3) is 0.571. The molecule has 1 atom stereocenters. The molecule has 27 heavy (non-hydrogen) atoms. The van der Waals surface area contributed by atoms with E-state index in [-0.39, 0.29) is 18.0 Å². The summed E-state index contributed by atoms with van der Waals surface area (Å²) in [7, 11) is 0. The molecule has 0 spiro atoms. The number of carbonyl (C=O) groups excluding carboxylic acids is 2. The van der Waals surface area contributed by atoms with Gasteiger partial charge in [-0.25, -0.2) is 4.79 Å². The fourth-order valence-corrected chi connectivity index (χ4v) is 2.89. The molecule has 0 aliphatic rings.